The molecule has 0 aliphatic carbocycles. The van der Waals surface area contributed by atoms with Gasteiger partial charge in [-0.2, -0.15) is 0 Å². The van der Waals surface area contributed by atoms with E-state index in [0.717, 1.165) is 29.6 Å². The summed E-state index contributed by atoms with van der Waals surface area (Å²) in [5.41, 5.74) is 2.30. The molecule has 134 valence electrons. The number of rotatable bonds is 7. The molecular formula is C19H27N5O. The summed E-state index contributed by atoms with van der Waals surface area (Å²) in [4.78, 5) is 11.0. The maximum Gasteiger partial charge on any atom is 0.191 e. The maximum absolute atomic E-state index is 5.18. The third kappa shape index (κ3) is 5.99. The normalized spacial score (nSPS) is 11.1. The summed E-state index contributed by atoms with van der Waals surface area (Å²) >= 11 is 0. The van der Waals surface area contributed by atoms with E-state index < -0.39 is 0 Å². The average Bonchev–Trinajstić information content (AvgIpc) is 2.64. The van der Waals surface area contributed by atoms with E-state index in [1.807, 2.05) is 55.5 Å². The van der Waals surface area contributed by atoms with Crippen LogP contribution in [0.5, 0.6) is 5.75 Å². The van der Waals surface area contributed by atoms with Crippen LogP contribution < -0.4 is 20.3 Å². The molecule has 0 radical (unpaired) electrons. The molecule has 0 saturated carbocycles. The van der Waals surface area contributed by atoms with Crippen molar-refractivity contribution in [1.29, 1.82) is 0 Å². The van der Waals surface area contributed by atoms with Gasteiger partial charge in [-0.05, 0) is 42.3 Å². The summed E-state index contributed by atoms with van der Waals surface area (Å²) < 4.78 is 5.18. The van der Waals surface area contributed by atoms with Crippen LogP contribution in [-0.2, 0) is 13.1 Å². The number of hydrogen-bond acceptors (Lipinski definition) is 4. The van der Waals surface area contributed by atoms with E-state index in [1.165, 1.54) is 5.56 Å². The number of benzene rings is 1. The van der Waals surface area contributed by atoms with Gasteiger partial charge in [-0.3, -0.25) is 0 Å². The highest BCUT2D eigenvalue weighted by molar-refractivity contribution is 5.79. The number of hydrogen-bond donors (Lipinski definition) is 2. The van der Waals surface area contributed by atoms with Crippen molar-refractivity contribution in [2.75, 3.05) is 32.6 Å². The number of anilines is 1. The Morgan fingerprint density at radius 1 is 1.12 bits per heavy atom. The maximum atomic E-state index is 5.18. The molecule has 25 heavy (non-hydrogen) atoms. The number of pyridine rings is 1. The fraction of sp³-hybridized carbons (Fsp3) is 0.368. The summed E-state index contributed by atoms with van der Waals surface area (Å²) in [6.07, 6.45) is 1.82. The molecule has 6 nitrogen and oxygen atoms in total. The first-order chi connectivity index (χ1) is 12.1. The number of nitrogens with zero attached hydrogens (tertiary/aromatic N) is 3. The summed E-state index contributed by atoms with van der Waals surface area (Å²) in [7, 11) is 5.63. The molecule has 0 amide bonds. The van der Waals surface area contributed by atoms with Gasteiger partial charge in [-0.15, -0.1) is 0 Å². The molecule has 2 N–H and O–H groups in total. The molecule has 1 aromatic heterocycles. The van der Waals surface area contributed by atoms with Crippen LogP contribution in [0.3, 0.4) is 0 Å². The Morgan fingerprint density at radius 2 is 1.88 bits per heavy atom. The monoisotopic (exact) mass is 341 g/mol. The van der Waals surface area contributed by atoms with Gasteiger partial charge < -0.3 is 20.3 Å². The van der Waals surface area contributed by atoms with Crippen LogP contribution in [-0.4, -0.2) is 38.7 Å². The van der Waals surface area contributed by atoms with Gasteiger partial charge in [-0.25, -0.2) is 9.98 Å². The van der Waals surface area contributed by atoms with E-state index in [9.17, 15) is 0 Å². The predicted octanol–water partition coefficient (Wildman–Crippen LogP) is 2.41. The van der Waals surface area contributed by atoms with Gasteiger partial charge in [0.1, 0.15) is 11.6 Å². The lowest BCUT2D eigenvalue weighted by molar-refractivity contribution is 0.414. The molecule has 0 spiro atoms. The van der Waals surface area contributed by atoms with Crippen molar-refractivity contribution in [2.24, 2.45) is 4.99 Å². The highest BCUT2D eigenvalue weighted by Crippen LogP contribution is 2.11. The molecule has 1 aromatic carbocycles. The van der Waals surface area contributed by atoms with E-state index in [-0.39, 0.29) is 0 Å². The molecule has 0 bridgehead atoms. The third-order valence-corrected chi connectivity index (χ3v) is 3.65. The highest BCUT2D eigenvalue weighted by Gasteiger charge is 2.01. The molecule has 2 rings (SSSR count). The Bertz CT molecular complexity index is 682. The number of nitrogens with one attached hydrogen (secondary N) is 2. The lowest BCUT2D eigenvalue weighted by atomic mass is 10.2. The van der Waals surface area contributed by atoms with Crippen molar-refractivity contribution < 1.29 is 4.74 Å². The summed E-state index contributed by atoms with van der Waals surface area (Å²) in [6, 6.07) is 12.0. The molecule has 0 atom stereocenters. The van der Waals surface area contributed by atoms with E-state index >= 15 is 0 Å². The Labute approximate surface area is 149 Å². The Balaban J connectivity index is 1.98. The van der Waals surface area contributed by atoms with Crippen molar-refractivity contribution in [2.45, 2.75) is 20.0 Å². The van der Waals surface area contributed by atoms with E-state index in [1.54, 1.807) is 7.11 Å². The second-order valence-corrected chi connectivity index (χ2v) is 5.81. The van der Waals surface area contributed by atoms with Crippen LogP contribution in [0.4, 0.5) is 5.82 Å². The van der Waals surface area contributed by atoms with Crippen molar-refractivity contribution >= 4 is 11.8 Å². The molecule has 0 saturated heterocycles. The Kier molecular flexibility index (Phi) is 7.07. The minimum Gasteiger partial charge on any atom is -0.497 e. The fourth-order valence-electron chi connectivity index (χ4n) is 2.24. The van der Waals surface area contributed by atoms with Crippen molar-refractivity contribution in [1.82, 2.24) is 15.6 Å². The molecule has 0 aliphatic rings. The zero-order valence-corrected chi connectivity index (χ0v) is 15.4. The zero-order valence-electron chi connectivity index (χ0n) is 15.4. The van der Waals surface area contributed by atoms with Gasteiger partial charge in [0.15, 0.2) is 5.96 Å². The lowest BCUT2D eigenvalue weighted by Gasteiger charge is -2.13. The number of aliphatic imine (C=N–C) groups is 1. The van der Waals surface area contributed by atoms with Gasteiger partial charge in [0, 0.05) is 33.4 Å². The second kappa shape index (κ2) is 9.52. The first-order valence-corrected chi connectivity index (χ1v) is 8.39. The number of aromatic nitrogens is 1. The third-order valence-electron chi connectivity index (χ3n) is 3.65. The highest BCUT2D eigenvalue weighted by atomic mass is 16.5. The minimum absolute atomic E-state index is 0.599. The van der Waals surface area contributed by atoms with Crippen LogP contribution >= 0.6 is 0 Å². The predicted molar refractivity (Wildman–Crippen MR) is 103 cm³/mol. The number of ether oxygens (including phenoxy) is 1. The quantitative estimate of drug-likeness (QED) is 0.598. The van der Waals surface area contributed by atoms with Crippen LogP contribution in [0, 0.1) is 0 Å². The first-order valence-electron chi connectivity index (χ1n) is 8.39. The largest absolute Gasteiger partial charge is 0.497 e. The molecule has 2 aromatic rings. The average molecular weight is 341 g/mol. The van der Waals surface area contributed by atoms with Gasteiger partial charge >= 0.3 is 0 Å². The van der Waals surface area contributed by atoms with Crippen LogP contribution in [0.1, 0.15) is 18.1 Å². The summed E-state index contributed by atoms with van der Waals surface area (Å²) in [6.45, 7) is 4.17. The molecule has 6 heteroatoms. The summed E-state index contributed by atoms with van der Waals surface area (Å²) in [5, 5.41) is 6.63. The lowest BCUT2D eigenvalue weighted by Crippen LogP contribution is -2.36. The molecular weight excluding hydrogens is 314 g/mol. The van der Waals surface area contributed by atoms with Crippen LogP contribution in [0.15, 0.2) is 47.6 Å². The molecule has 0 aliphatic heterocycles. The summed E-state index contributed by atoms with van der Waals surface area (Å²) in [5.74, 6) is 2.59. The van der Waals surface area contributed by atoms with Crippen molar-refractivity contribution in [3.8, 4) is 5.75 Å². The van der Waals surface area contributed by atoms with Crippen molar-refractivity contribution in [3.05, 3.63) is 53.7 Å². The standard InChI is InChI=1S/C19H27N5O/c1-5-20-19(22-13-15-6-8-17(25-4)9-7-15)23-14-16-10-11-21-18(12-16)24(2)3/h6-12H,5,13-14H2,1-4H3,(H2,20,22,23). The zero-order chi connectivity index (χ0) is 18.1. The van der Waals surface area contributed by atoms with Gasteiger partial charge in [0.05, 0.1) is 13.7 Å². The Morgan fingerprint density at radius 3 is 2.52 bits per heavy atom. The van der Waals surface area contributed by atoms with Crippen molar-refractivity contribution in [3.63, 3.8) is 0 Å². The number of methoxy groups -OCH3 is 1. The van der Waals surface area contributed by atoms with Gasteiger partial charge in [0.25, 0.3) is 0 Å². The molecule has 1 heterocycles. The van der Waals surface area contributed by atoms with E-state index in [2.05, 4.69) is 33.6 Å². The van der Waals surface area contributed by atoms with Gasteiger partial charge in [0.2, 0.25) is 0 Å². The first kappa shape index (κ1) is 18.6. The topological polar surface area (TPSA) is 61.8 Å². The van der Waals surface area contributed by atoms with E-state index in [0.29, 0.717) is 13.1 Å². The smallest absolute Gasteiger partial charge is 0.191 e. The molecule has 0 fully saturated rings. The number of guanidine groups is 1. The second-order valence-electron chi connectivity index (χ2n) is 5.81. The Hall–Kier alpha value is -2.76. The van der Waals surface area contributed by atoms with Crippen LogP contribution in [0.2, 0.25) is 0 Å². The minimum atomic E-state index is 0.599. The SMILES string of the molecule is CCNC(=NCc1ccnc(N(C)C)c1)NCc1ccc(OC)cc1. The fourth-order valence-corrected chi connectivity index (χ4v) is 2.24. The molecule has 0 unspecified atom stereocenters. The van der Waals surface area contributed by atoms with Gasteiger partial charge in [-0.1, -0.05) is 12.1 Å². The van der Waals surface area contributed by atoms with Crippen LogP contribution in [0.25, 0.3) is 0 Å². The van der Waals surface area contributed by atoms with E-state index in [4.69, 9.17) is 4.74 Å².